The zero-order chi connectivity index (χ0) is 7.97. The molecule has 60 valence electrons. The highest BCUT2D eigenvalue weighted by Gasteiger charge is 2.24. The van der Waals surface area contributed by atoms with Gasteiger partial charge in [0, 0.05) is 5.92 Å². The van der Waals surface area contributed by atoms with E-state index in [0.29, 0.717) is 0 Å². The van der Waals surface area contributed by atoms with Crippen LogP contribution in [0.4, 0.5) is 0 Å². The van der Waals surface area contributed by atoms with Crippen LogP contribution >= 0.6 is 0 Å². The third-order valence-corrected chi connectivity index (χ3v) is 3.13. The highest BCUT2D eigenvalue weighted by molar-refractivity contribution is 5.45. The Labute approximate surface area is 73.0 Å². The van der Waals surface area contributed by atoms with Crippen molar-refractivity contribution in [2.45, 2.75) is 19.3 Å². The summed E-state index contributed by atoms with van der Waals surface area (Å²) in [6, 6.07) is 0. The van der Waals surface area contributed by atoms with Gasteiger partial charge < -0.3 is 0 Å². The van der Waals surface area contributed by atoms with E-state index in [1.165, 1.54) is 19.3 Å². The molecule has 3 aliphatic carbocycles. The molecule has 0 fully saturated rings. The zero-order valence-electron chi connectivity index (χ0n) is 7.09. The van der Waals surface area contributed by atoms with E-state index in [0.717, 1.165) is 5.92 Å². The molecular formula is C12H12. The molecule has 3 rings (SSSR count). The first kappa shape index (κ1) is 6.47. The number of hydrogen-bond acceptors (Lipinski definition) is 0. The molecule has 0 nitrogen and oxygen atoms in total. The number of rotatable bonds is 0. The first-order chi connectivity index (χ1) is 5.93. The molecule has 0 N–H and O–H groups in total. The lowest BCUT2D eigenvalue weighted by molar-refractivity contribution is 0.691. The van der Waals surface area contributed by atoms with Gasteiger partial charge in [0.05, 0.1) is 0 Å². The highest BCUT2D eigenvalue weighted by atomic mass is 14.3. The van der Waals surface area contributed by atoms with Gasteiger partial charge in [0.1, 0.15) is 0 Å². The van der Waals surface area contributed by atoms with Gasteiger partial charge in [-0.2, -0.15) is 0 Å². The Hall–Kier alpha value is -1.04. The second-order valence-electron chi connectivity index (χ2n) is 3.85. The lowest BCUT2D eigenvalue weighted by Gasteiger charge is -2.22. The predicted molar refractivity (Wildman–Crippen MR) is 50.7 cm³/mol. The Morgan fingerprint density at radius 3 is 3.33 bits per heavy atom. The van der Waals surface area contributed by atoms with Crippen LogP contribution < -0.4 is 0 Å². The van der Waals surface area contributed by atoms with Crippen molar-refractivity contribution in [3.8, 4) is 0 Å². The van der Waals surface area contributed by atoms with Gasteiger partial charge in [0.25, 0.3) is 0 Å². The minimum Gasteiger partial charge on any atom is -0.0802 e. The van der Waals surface area contributed by atoms with Crippen LogP contribution in [0.15, 0.2) is 47.1 Å². The van der Waals surface area contributed by atoms with Crippen molar-refractivity contribution in [2.75, 3.05) is 0 Å². The van der Waals surface area contributed by atoms with Crippen molar-refractivity contribution in [2.24, 2.45) is 5.92 Å². The van der Waals surface area contributed by atoms with Gasteiger partial charge in [-0.05, 0) is 24.8 Å². The van der Waals surface area contributed by atoms with Crippen LogP contribution in [0, 0.1) is 5.92 Å². The summed E-state index contributed by atoms with van der Waals surface area (Å²) in [6.45, 7) is 0. The van der Waals surface area contributed by atoms with E-state index in [1.807, 2.05) is 0 Å². The first-order valence-electron chi connectivity index (χ1n) is 4.68. The van der Waals surface area contributed by atoms with Gasteiger partial charge in [-0.25, -0.2) is 0 Å². The van der Waals surface area contributed by atoms with Gasteiger partial charge in [0.15, 0.2) is 0 Å². The van der Waals surface area contributed by atoms with Gasteiger partial charge in [-0.15, -0.1) is 0 Å². The van der Waals surface area contributed by atoms with Crippen molar-refractivity contribution in [1.82, 2.24) is 0 Å². The van der Waals surface area contributed by atoms with Crippen molar-refractivity contribution >= 4 is 0 Å². The van der Waals surface area contributed by atoms with Gasteiger partial charge in [-0.1, -0.05) is 41.5 Å². The standard InChI is InChI=1S/C12H12/c1-3-9-7-11-5-2-6-12(11)8-10(9)4-1/h1-5,10H,6-8H2. The Balaban J connectivity index is 1.99. The van der Waals surface area contributed by atoms with Crippen LogP contribution in [-0.4, -0.2) is 0 Å². The normalized spacial score (nSPS) is 30.7. The zero-order valence-corrected chi connectivity index (χ0v) is 7.09. The van der Waals surface area contributed by atoms with Gasteiger partial charge in [0.2, 0.25) is 0 Å². The monoisotopic (exact) mass is 156 g/mol. The molecule has 1 atom stereocenters. The molecule has 1 unspecified atom stereocenters. The van der Waals surface area contributed by atoms with Crippen molar-refractivity contribution in [1.29, 1.82) is 0 Å². The van der Waals surface area contributed by atoms with Gasteiger partial charge in [-0.3, -0.25) is 0 Å². The lowest BCUT2D eigenvalue weighted by Crippen LogP contribution is -2.07. The summed E-state index contributed by atoms with van der Waals surface area (Å²) in [7, 11) is 0. The molecular weight excluding hydrogens is 144 g/mol. The van der Waals surface area contributed by atoms with Crippen molar-refractivity contribution in [3.05, 3.63) is 47.1 Å². The van der Waals surface area contributed by atoms with E-state index in [-0.39, 0.29) is 0 Å². The molecule has 0 aromatic rings. The van der Waals surface area contributed by atoms with E-state index in [2.05, 4.69) is 30.4 Å². The SMILES string of the molecule is C1=CC2CC3=C(C=CC3)CC2=C1. The lowest BCUT2D eigenvalue weighted by atomic mass is 9.83. The van der Waals surface area contributed by atoms with Crippen molar-refractivity contribution in [3.63, 3.8) is 0 Å². The molecule has 0 aromatic heterocycles. The smallest absolute Gasteiger partial charge is 0.00238 e. The minimum atomic E-state index is 0.753. The molecule has 0 spiro atoms. The molecule has 12 heavy (non-hydrogen) atoms. The fraction of sp³-hybridized carbons (Fsp3) is 0.333. The fourth-order valence-electron chi connectivity index (χ4n) is 2.43. The summed E-state index contributed by atoms with van der Waals surface area (Å²) < 4.78 is 0. The maximum Gasteiger partial charge on any atom is 0.00238 e. The average Bonchev–Trinajstić information content (AvgIpc) is 2.64. The third kappa shape index (κ3) is 0.781. The Morgan fingerprint density at radius 1 is 1.33 bits per heavy atom. The maximum atomic E-state index is 2.34. The fourth-order valence-corrected chi connectivity index (χ4v) is 2.43. The van der Waals surface area contributed by atoms with Crippen LogP contribution in [0.1, 0.15) is 19.3 Å². The molecule has 0 saturated heterocycles. The average molecular weight is 156 g/mol. The number of fused-ring (bicyclic) bond motifs is 1. The summed E-state index contributed by atoms with van der Waals surface area (Å²) in [6.07, 6.45) is 15.2. The van der Waals surface area contributed by atoms with Crippen LogP contribution in [0.2, 0.25) is 0 Å². The number of allylic oxidation sites excluding steroid dienone is 8. The largest absolute Gasteiger partial charge is 0.0802 e. The van der Waals surface area contributed by atoms with Crippen LogP contribution in [0.3, 0.4) is 0 Å². The molecule has 0 aliphatic heterocycles. The second kappa shape index (κ2) is 2.22. The minimum absolute atomic E-state index is 0.753. The summed E-state index contributed by atoms with van der Waals surface area (Å²) in [5.41, 5.74) is 4.91. The van der Waals surface area contributed by atoms with E-state index in [9.17, 15) is 0 Å². The number of hydrogen-bond donors (Lipinski definition) is 0. The highest BCUT2D eigenvalue weighted by Crippen LogP contribution is 2.41. The quantitative estimate of drug-likeness (QED) is 0.505. The topological polar surface area (TPSA) is 0 Å². The predicted octanol–water partition coefficient (Wildman–Crippen LogP) is 3.15. The molecule has 0 aromatic carbocycles. The Bertz CT molecular complexity index is 337. The van der Waals surface area contributed by atoms with E-state index in [1.54, 1.807) is 16.7 Å². The summed E-state index contributed by atoms with van der Waals surface area (Å²) in [5.74, 6) is 0.753. The van der Waals surface area contributed by atoms with Crippen LogP contribution in [-0.2, 0) is 0 Å². The third-order valence-electron chi connectivity index (χ3n) is 3.13. The first-order valence-corrected chi connectivity index (χ1v) is 4.68. The second-order valence-corrected chi connectivity index (χ2v) is 3.85. The molecule has 0 bridgehead atoms. The summed E-state index contributed by atoms with van der Waals surface area (Å²) >= 11 is 0. The Morgan fingerprint density at radius 2 is 2.33 bits per heavy atom. The molecule has 0 amide bonds. The van der Waals surface area contributed by atoms with Crippen LogP contribution in [0.5, 0.6) is 0 Å². The molecule has 0 saturated carbocycles. The maximum absolute atomic E-state index is 2.34. The summed E-state index contributed by atoms with van der Waals surface area (Å²) in [5, 5.41) is 0. The van der Waals surface area contributed by atoms with Gasteiger partial charge >= 0.3 is 0 Å². The summed E-state index contributed by atoms with van der Waals surface area (Å²) in [4.78, 5) is 0. The van der Waals surface area contributed by atoms with E-state index < -0.39 is 0 Å². The Kier molecular flexibility index (Phi) is 1.20. The van der Waals surface area contributed by atoms with E-state index in [4.69, 9.17) is 0 Å². The molecule has 0 heteroatoms. The molecule has 3 aliphatic rings. The molecule has 0 heterocycles. The molecule has 0 radical (unpaired) electrons. The van der Waals surface area contributed by atoms with Crippen LogP contribution in [0.25, 0.3) is 0 Å². The van der Waals surface area contributed by atoms with Crippen molar-refractivity contribution < 1.29 is 0 Å². The van der Waals surface area contributed by atoms with E-state index >= 15 is 0 Å².